The number of hydrogen-bond acceptors (Lipinski definition) is 3. The highest BCUT2D eigenvalue weighted by atomic mass is 32.1. The van der Waals surface area contributed by atoms with Crippen molar-refractivity contribution in [2.24, 2.45) is 0 Å². The quantitative estimate of drug-likeness (QED) is 0.456. The summed E-state index contributed by atoms with van der Waals surface area (Å²) < 4.78 is 5.75. The fourth-order valence-electron chi connectivity index (χ4n) is 2.86. The van der Waals surface area contributed by atoms with Crippen LogP contribution in [0.4, 0.5) is 5.69 Å². The van der Waals surface area contributed by atoms with E-state index >= 15 is 0 Å². The van der Waals surface area contributed by atoms with Gasteiger partial charge in [-0.25, -0.2) is 0 Å². The molecule has 3 rings (SSSR count). The summed E-state index contributed by atoms with van der Waals surface area (Å²) >= 11 is 5.28. The van der Waals surface area contributed by atoms with Crippen molar-refractivity contribution in [2.45, 2.75) is 20.3 Å². The smallest absolute Gasteiger partial charge is 0.250 e. The molecule has 3 aromatic rings. The predicted molar refractivity (Wildman–Crippen MR) is 118 cm³/mol. The maximum Gasteiger partial charge on any atom is 0.250 e. The van der Waals surface area contributed by atoms with Gasteiger partial charge in [0.2, 0.25) is 5.91 Å². The summed E-state index contributed by atoms with van der Waals surface area (Å²) in [6.45, 7) is 4.09. The lowest BCUT2D eigenvalue weighted by Crippen LogP contribution is -2.33. The zero-order chi connectivity index (χ0) is 19.9. The number of furan rings is 1. The molecule has 1 aromatic heterocycles. The van der Waals surface area contributed by atoms with Crippen LogP contribution in [0.1, 0.15) is 23.8 Å². The molecule has 5 heteroatoms. The molecule has 0 atom stereocenters. The minimum atomic E-state index is -0.318. The second-order valence-corrected chi connectivity index (χ2v) is 6.72. The third kappa shape index (κ3) is 4.96. The van der Waals surface area contributed by atoms with Gasteiger partial charge < -0.3 is 9.73 Å². The third-order valence-corrected chi connectivity index (χ3v) is 4.50. The maximum absolute atomic E-state index is 12.2. The molecular weight excluding hydrogens is 368 g/mol. The second kappa shape index (κ2) is 9.15. The van der Waals surface area contributed by atoms with E-state index in [1.807, 2.05) is 67.6 Å². The van der Waals surface area contributed by atoms with Crippen LogP contribution in [0.15, 0.2) is 71.2 Å². The molecule has 0 saturated heterocycles. The average molecular weight is 391 g/mol. The Labute approximate surface area is 170 Å². The summed E-state index contributed by atoms with van der Waals surface area (Å²) in [6.07, 6.45) is 3.90. The Morgan fingerprint density at radius 2 is 1.86 bits per heavy atom. The Kier molecular flexibility index (Phi) is 6.40. The molecule has 0 radical (unpaired) electrons. The molecule has 2 N–H and O–H groups in total. The number of amides is 1. The van der Waals surface area contributed by atoms with Crippen molar-refractivity contribution in [3.8, 4) is 11.3 Å². The van der Waals surface area contributed by atoms with Crippen LogP contribution in [-0.2, 0) is 11.2 Å². The standard InChI is InChI=1S/C23H22N2O2S/c1-3-17-11-7-8-16(2)22(17)25-23(28)24-21(26)15-13-19-12-14-20(27-19)18-9-5-4-6-10-18/h4-15H,3H2,1-2H3,(H2,24,25,26,28)/b15-13+. The summed E-state index contributed by atoms with van der Waals surface area (Å²) in [5, 5.41) is 6.06. The molecule has 0 unspecified atom stereocenters. The molecular formula is C23H22N2O2S. The van der Waals surface area contributed by atoms with Crippen LogP contribution in [0.25, 0.3) is 17.4 Å². The highest BCUT2D eigenvalue weighted by Crippen LogP contribution is 2.22. The van der Waals surface area contributed by atoms with Crippen LogP contribution >= 0.6 is 12.2 Å². The Hall–Kier alpha value is -3.18. The number of para-hydroxylation sites is 1. The van der Waals surface area contributed by atoms with Gasteiger partial charge in [0, 0.05) is 17.3 Å². The van der Waals surface area contributed by atoms with Gasteiger partial charge in [0.05, 0.1) is 0 Å². The van der Waals surface area contributed by atoms with Gasteiger partial charge in [-0.15, -0.1) is 0 Å². The summed E-state index contributed by atoms with van der Waals surface area (Å²) in [4.78, 5) is 12.2. The zero-order valence-corrected chi connectivity index (χ0v) is 16.7. The molecule has 0 saturated carbocycles. The van der Waals surface area contributed by atoms with Gasteiger partial charge in [-0.05, 0) is 54.9 Å². The summed E-state index contributed by atoms with van der Waals surface area (Å²) in [5.41, 5.74) is 4.16. The van der Waals surface area contributed by atoms with Crippen LogP contribution in [0.3, 0.4) is 0 Å². The number of aryl methyl sites for hydroxylation is 2. The van der Waals surface area contributed by atoms with E-state index in [0.29, 0.717) is 5.76 Å². The van der Waals surface area contributed by atoms with Crippen LogP contribution in [0.2, 0.25) is 0 Å². The fourth-order valence-corrected chi connectivity index (χ4v) is 3.06. The van der Waals surface area contributed by atoms with Gasteiger partial charge in [0.25, 0.3) is 0 Å². The monoisotopic (exact) mass is 390 g/mol. The van der Waals surface area contributed by atoms with E-state index < -0.39 is 0 Å². The SMILES string of the molecule is CCc1cccc(C)c1NC(=S)NC(=O)/C=C/c1ccc(-c2ccccc2)o1. The van der Waals surface area contributed by atoms with Crippen molar-refractivity contribution in [3.05, 3.63) is 83.6 Å². The van der Waals surface area contributed by atoms with Gasteiger partial charge in [-0.1, -0.05) is 55.5 Å². The van der Waals surface area contributed by atoms with Crippen molar-refractivity contribution in [1.82, 2.24) is 5.32 Å². The number of hydrogen-bond donors (Lipinski definition) is 2. The number of carbonyl (C=O) groups is 1. The van der Waals surface area contributed by atoms with Crippen molar-refractivity contribution in [3.63, 3.8) is 0 Å². The summed E-state index contributed by atoms with van der Waals surface area (Å²) in [7, 11) is 0. The first-order valence-electron chi connectivity index (χ1n) is 9.10. The maximum atomic E-state index is 12.2. The number of rotatable bonds is 5. The number of nitrogens with one attached hydrogen (secondary N) is 2. The summed E-state index contributed by atoms with van der Waals surface area (Å²) in [5.74, 6) is 1.03. The molecule has 0 aliphatic rings. The van der Waals surface area contributed by atoms with Gasteiger partial charge in [-0.3, -0.25) is 10.1 Å². The minimum absolute atomic E-state index is 0.267. The lowest BCUT2D eigenvalue weighted by molar-refractivity contribution is -0.115. The van der Waals surface area contributed by atoms with Gasteiger partial charge in [-0.2, -0.15) is 0 Å². The van der Waals surface area contributed by atoms with Gasteiger partial charge >= 0.3 is 0 Å². The van der Waals surface area contributed by atoms with E-state index in [1.54, 1.807) is 6.08 Å². The zero-order valence-electron chi connectivity index (χ0n) is 15.9. The van der Waals surface area contributed by atoms with Gasteiger partial charge in [0.15, 0.2) is 5.11 Å². The largest absolute Gasteiger partial charge is 0.457 e. The first kappa shape index (κ1) is 19.6. The number of carbonyl (C=O) groups excluding carboxylic acids is 1. The van der Waals surface area contributed by atoms with E-state index in [4.69, 9.17) is 16.6 Å². The molecule has 0 fully saturated rings. The van der Waals surface area contributed by atoms with Crippen molar-refractivity contribution >= 4 is 35.0 Å². The van der Waals surface area contributed by atoms with Crippen molar-refractivity contribution in [2.75, 3.05) is 5.32 Å². The number of thiocarbonyl (C=S) groups is 1. The van der Waals surface area contributed by atoms with Crippen LogP contribution < -0.4 is 10.6 Å². The van der Waals surface area contributed by atoms with Crippen molar-refractivity contribution in [1.29, 1.82) is 0 Å². The molecule has 1 heterocycles. The van der Waals surface area contributed by atoms with Gasteiger partial charge in [0.1, 0.15) is 11.5 Å². The normalized spacial score (nSPS) is 10.8. The predicted octanol–water partition coefficient (Wildman–Crippen LogP) is 5.34. The van der Waals surface area contributed by atoms with E-state index in [2.05, 4.69) is 17.6 Å². The summed E-state index contributed by atoms with van der Waals surface area (Å²) in [6, 6.07) is 19.6. The second-order valence-electron chi connectivity index (χ2n) is 6.31. The molecule has 1 amide bonds. The van der Waals surface area contributed by atoms with Crippen LogP contribution in [0.5, 0.6) is 0 Å². The fraction of sp³-hybridized carbons (Fsp3) is 0.130. The lowest BCUT2D eigenvalue weighted by atomic mass is 10.1. The van der Waals surface area contributed by atoms with E-state index in [0.717, 1.165) is 34.6 Å². The third-order valence-electron chi connectivity index (χ3n) is 4.30. The first-order chi connectivity index (χ1) is 13.6. The van der Waals surface area contributed by atoms with E-state index in [-0.39, 0.29) is 11.0 Å². The molecule has 2 aromatic carbocycles. The topological polar surface area (TPSA) is 54.3 Å². The Bertz CT molecular complexity index is 1010. The Morgan fingerprint density at radius 1 is 1.07 bits per heavy atom. The van der Waals surface area contributed by atoms with Crippen LogP contribution in [0, 0.1) is 6.92 Å². The first-order valence-corrected chi connectivity index (χ1v) is 9.51. The molecule has 28 heavy (non-hydrogen) atoms. The highest BCUT2D eigenvalue weighted by molar-refractivity contribution is 7.80. The van der Waals surface area contributed by atoms with Crippen molar-refractivity contribution < 1.29 is 9.21 Å². The number of anilines is 1. The molecule has 0 bridgehead atoms. The molecule has 0 aliphatic heterocycles. The minimum Gasteiger partial charge on any atom is -0.457 e. The molecule has 4 nitrogen and oxygen atoms in total. The molecule has 0 spiro atoms. The Morgan fingerprint density at radius 3 is 2.61 bits per heavy atom. The number of benzene rings is 2. The van der Waals surface area contributed by atoms with E-state index in [9.17, 15) is 4.79 Å². The van der Waals surface area contributed by atoms with E-state index in [1.165, 1.54) is 6.08 Å². The Balaban J connectivity index is 1.60. The molecule has 142 valence electrons. The van der Waals surface area contributed by atoms with Crippen LogP contribution in [-0.4, -0.2) is 11.0 Å². The average Bonchev–Trinajstić information content (AvgIpc) is 3.18. The molecule has 0 aliphatic carbocycles. The lowest BCUT2D eigenvalue weighted by Gasteiger charge is -2.14. The highest BCUT2D eigenvalue weighted by Gasteiger charge is 2.08.